The lowest BCUT2D eigenvalue weighted by molar-refractivity contribution is -0.290. The van der Waals surface area contributed by atoms with Crippen molar-refractivity contribution in [1.82, 2.24) is 0 Å². The molecule has 0 amide bonds. The summed E-state index contributed by atoms with van der Waals surface area (Å²) in [5.74, 6) is -0.658. The van der Waals surface area contributed by atoms with Crippen LogP contribution in [-0.4, -0.2) is 29.7 Å². The Kier molecular flexibility index (Phi) is 11.4. The molecule has 0 bridgehead atoms. The summed E-state index contributed by atoms with van der Waals surface area (Å²) in [6.45, 7) is 12.4. The first kappa shape index (κ1) is 20.9. The average Bonchev–Trinajstić information content (AvgIpc) is 2.35. The molecule has 0 aliphatic carbocycles. The molecule has 0 aromatic rings. The van der Waals surface area contributed by atoms with Crippen LogP contribution >= 0.6 is 0 Å². The number of hydrogen-bond acceptors (Lipinski definition) is 3. The summed E-state index contributed by atoms with van der Waals surface area (Å²) in [7, 11) is 0. The molecule has 1 N–H and O–H groups in total. The van der Waals surface area contributed by atoms with Crippen molar-refractivity contribution in [3.05, 3.63) is 0 Å². The van der Waals surface area contributed by atoms with E-state index in [4.69, 9.17) is 9.47 Å². The Morgan fingerprint density at radius 2 is 1.33 bits per heavy atom. The standard InChI is InChI=1S/C18H38O3/c1-7-8-9-10-11-12-13-17(14-19)18(6,20-15(2)3)21-16(4)5/h15-17,19H,7-14H2,1-6H3. The zero-order valence-corrected chi connectivity index (χ0v) is 15.2. The molecule has 3 nitrogen and oxygen atoms in total. The molecule has 1 unspecified atom stereocenters. The molecule has 0 rings (SSSR count). The lowest BCUT2D eigenvalue weighted by atomic mass is 9.93. The number of aliphatic hydroxyl groups is 1. The highest BCUT2D eigenvalue weighted by atomic mass is 16.7. The summed E-state index contributed by atoms with van der Waals surface area (Å²) in [6, 6.07) is 0. The van der Waals surface area contributed by atoms with Gasteiger partial charge < -0.3 is 14.6 Å². The number of aliphatic hydroxyl groups excluding tert-OH is 1. The van der Waals surface area contributed by atoms with Gasteiger partial charge in [0.15, 0.2) is 5.79 Å². The van der Waals surface area contributed by atoms with Crippen molar-refractivity contribution in [3.63, 3.8) is 0 Å². The van der Waals surface area contributed by atoms with Gasteiger partial charge in [-0.2, -0.15) is 0 Å². The largest absolute Gasteiger partial charge is 0.396 e. The summed E-state index contributed by atoms with van der Waals surface area (Å²) in [5, 5.41) is 9.77. The molecule has 0 fully saturated rings. The molecule has 0 heterocycles. The van der Waals surface area contributed by atoms with Crippen molar-refractivity contribution in [1.29, 1.82) is 0 Å². The van der Waals surface area contributed by atoms with Crippen molar-refractivity contribution in [2.45, 2.75) is 104 Å². The highest BCUT2D eigenvalue weighted by Gasteiger charge is 2.37. The van der Waals surface area contributed by atoms with Gasteiger partial charge in [0.2, 0.25) is 0 Å². The maximum absolute atomic E-state index is 9.77. The fourth-order valence-electron chi connectivity index (χ4n) is 2.85. The second-order valence-electron chi connectivity index (χ2n) is 6.79. The Morgan fingerprint density at radius 3 is 1.76 bits per heavy atom. The fourth-order valence-corrected chi connectivity index (χ4v) is 2.85. The van der Waals surface area contributed by atoms with E-state index in [-0.39, 0.29) is 24.7 Å². The number of unbranched alkanes of at least 4 members (excludes halogenated alkanes) is 5. The van der Waals surface area contributed by atoms with E-state index < -0.39 is 5.79 Å². The summed E-state index contributed by atoms with van der Waals surface area (Å²) in [6.07, 6.45) is 8.72. The number of ether oxygens (including phenoxy) is 2. The average molecular weight is 302 g/mol. The predicted molar refractivity (Wildman–Crippen MR) is 89.4 cm³/mol. The molecule has 0 radical (unpaired) electrons. The van der Waals surface area contributed by atoms with E-state index in [9.17, 15) is 5.11 Å². The highest BCUT2D eigenvalue weighted by Crippen LogP contribution is 2.30. The quantitative estimate of drug-likeness (QED) is 0.388. The van der Waals surface area contributed by atoms with E-state index in [1.165, 1.54) is 32.1 Å². The summed E-state index contributed by atoms with van der Waals surface area (Å²) in [4.78, 5) is 0. The van der Waals surface area contributed by atoms with Crippen LogP contribution in [0.3, 0.4) is 0 Å². The van der Waals surface area contributed by atoms with E-state index in [1.807, 2.05) is 34.6 Å². The van der Waals surface area contributed by atoms with E-state index in [0.29, 0.717) is 0 Å². The van der Waals surface area contributed by atoms with Crippen molar-refractivity contribution < 1.29 is 14.6 Å². The minimum absolute atomic E-state index is 0.0356. The minimum Gasteiger partial charge on any atom is -0.396 e. The fraction of sp³-hybridized carbons (Fsp3) is 1.00. The maximum Gasteiger partial charge on any atom is 0.171 e. The van der Waals surface area contributed by atoms with Crippen molar-refractivity contribution in [3.8, 4) is 0 Å². The molecule has 0 aliphatic heterocycles. The Balaban J connectivity index is 4.38. The summed E-state index contributed by atoms with van der Waals surface area (Å²) in [5.41, 5.74) is 0. The van der Waals surface area contributed by atoms with Gasteiger partial charge in [0.25, 0.3) is 0 Å². The Hall–Kier alpha value is -0.120. The lowest BCUT2D eigenvalue weighted by Crippen LogP contribution is -2.46. The van der Waals surface area contributed by atoms with Gasteiger partial charge in [0.1, 0.15) is 0 Å². The van der Waals surface area contributed by atoms with Crippen LogP contribution < -0.4 is 0 Å². The maximum atomic E-state index is 9.77. The predicted octanol–water partition coefficient (Wildman–Crippen LogP) is 4.91. The van der Waals surface area contributed by atoms with Gasteiger partial charge in [-0.3, -0.25) is 0 Å². The monoisotopic (exact) mass is 302 g/mol. The van der Waals surface area contributed by atoms with Crippen LogP contribution in [0.1, 0.15) is 86.5 Å². The number of hydrogen-bond donors (Lipinski definition) is 1. The van der Waals surface area contributed by atoms with Crippen LogP contribution in [0.5, 0.6) is 0 Å². The van der Waals surface area contributed by atoms with E-state index >= 15 is 0 Å². The van der Waals surface area contributed by atoms with Crippen LogP contribution in [0.4, 0.5) is 0 Å². The zero-order chi connectivity index (χ0) is 16.3. The topological polar surface area (TPSA) is 38.7 Å². The molecule has 0 saturated heterocycles. The van der Waals surface area contributed by atoms with Crippen LogP contribution in [-0.2, 0) is 9.47 Å². The Morgan fingerprint density at radius 1 is 0.857 bits per heavy atom. The smallest absolute Gasteiger partial charge is 0.171 e. The third kappa shape index (κ3) is 9.49. The third-order valence-corrected chi connectivity index (χ3v) is 3.81. The minimum atomic E-state index is -0.694. The van der Waals surface area contributed by atoms with Gasteiger partial charge in [-0.05, 0) is 41.0 Å². The molecular weight excluding hydrogens is 264 g/mol. The van der Waals surface area contributed by atoms with Gasteiger partial charge in [-0.1, -0.05) is 45.4 Å². The van der Waals surface area contributed by atoms with Crippen molar-refractivity contribution in [2.24, 2.45) is 5.92 Å². The van der Waals surface area contributed by atoms with Crippen LogP contribution in [0.2, 0.25) is 0 Å². The zero-order valence-electron chi connectivity index (χ0n) is 15.2. The molecule has 128 valence electrons. The summed E-state index contributed by atoms with van der Waals surface area (Å²) >= 11 is 0. The molecule has 1 atom stereocenters. The van der Waals surface area contributed by atoms with E-state index in [0.717, 1.165) is 12.8 Å². The molecule has 3 heteroatoms. The first-order valence-corrected chi connectivity index (χ1v) is 8.82. The second kappa shape index (κ2) is 11.4. The van der Waals surface area contributed by atoms with E-state index in [2.05, 4.69) is 6.92 Å². The van der Waals surface area contributed by atoms with Crippen molar-refractivity contribution in [2.75, 3.05) is 6.61 Å². The second-order valence-corrected chi connectivity index (χ2v) is 6.79. The third-order valence-electron chi connectivity index (χ3n) is 3.81. The number of rotatable bonds is 13. The van der Waals surface area contributed by atoms with Gasteiger partial charge in [0, 0.05) is 5.92 Å². The molecule has 0 saturated carbocycles. The molecule has 0 aliphatic rings. The van der Waals surface area contributed by atoms with Crippen molar-refractivity contribution >= 4 is 0 Å². The highest BCUT2D eigenvalue weighted by molar-refractivity contribution is 4.77. The first-order valence-electron chi connectivity index (χ1n) is 8.82. The summed E-state index contributed by atoms with van der Waals surface area (Å²) < 4.78 is 12.0. The van der Waals surface area contributed by atoms with Crippen LogP contribution in [0.15, 0.2) is 0 Å². The SMILES string of the molecule is CCCCCCCCC(CO)C(C)(OC(C)C)OC(C)C. The molecule has 0 spiro atoms. The van der Waals surface area contributed by atoms with E-state index in [1.54, 1.807) is 0 Å². The first-order chi connectivity index (χ1) is 9.85. The van der Waals surface area contributed by atoms with Crippen LogP contribution in [0.25, 0.3) is 0 Å². The molecule has 21 heavy (non-hydrogen) atoms. The molecular formula is C18H38O3. The van der Waals surface area contributed by atoms with Gasteiger partial charge in [0.05, 0.1) is 18.8 Å². The van der Waals surface area contributed by atoms with Crippen LogP contribution in [0, 0.1) is 5.92 Å². The van der Waals surface area contributed by atoms with Gasteiger partial charge in [-0.25, -0.2) is 0 Å². The van der Waals surface area contributed by atoms with Gasteiger partial charge in [-0.15, -0.1) is 0 Å². The molecule has 0 aromatic carbocycles. The Labute approximate surface area is 132 Å². The van der Waals surface area contributed by atoms with Gasteiger partial charge >= 0.3 is 0 Å². The lowest BCUT2D eigenvalue weighted by Gasteiger charge is -2.39. The normalized spacial score (nSPS) is 14.1. The molecule has 0 aromatic heterocycles. The Bertz CT molecular complexity index is 229.